The molecule has 0 aromatic heterocycles. The summed E-state index contributed by atoms with van der Waals surface area (Å²) in [6, 6.07) is 28.7. The van der Waals surface area contributed by atoms with E-state index in [0.29, 0.717) is 25.9 Å². The van der Waals surface area contributed by atoms with Crippen LogP contribution < -0.4 is 5.32 Å². The van der Waals surface area contributed by atoms with Gasteiger partial charge in [-0.2, -0.15) is 0 Å². The Bertz CT molecular complexity index is 943. The Morgan fingerprint density at radius 1 is 0.806 bits per heavy atom. The monoisotopic (exact) mass is 414 g/mol. The van der Waals surface area contributed by atoms with Crippen molar-refractivity contribution >= 4 is 11.8 Å². The number of hydrogen-bond acceptors (Lipinski definition) is 2. The van der Waals surface area contributed by atoms with Gasteiger partial charge in [0.2, 0.25) is 11.8 Å². The highest BCUT2D eigenvalue weighted by atomic mass is 16.2. The normalized spacial score (nSPS) is 11.5. The fraction of sp³-hybridized carbons (Fsp3) is 0.259. The van der Waals surface area contributed by atoms with Crippen LogP contribution >= 0.6 is 0 Å². The Labute approximate surface area is 184 Å². The van der Waals surface area contributed by atoms with Gasteiger partial charge < -0.3 is 10.2 Å². The average molecular weight is 415 g/mol. The van der Waals surface area contributed by atoms with E-state index < -0.39 is 6.04 Å². The fourth-order valence-electron chi connectivity index (χ4n) is 3.60. The van der Waals surface area contributed by atoms with E-state index in [2.05, 4.69) is 5.32 Å². The highest BCUT2D eigenvalue weighted by Gasteiger charge is 2.31. The van der Waals surface area contributed by atoms with Gasteiger partial charge in [-0.15, -0.1) is 0 Å². The predicted octanol–water partition coefficient (Wildman–Crippen LogP) is 4.92. The van der Waals surface area contributed by atoms with Gasteiger partial charge in [0.1, 0.15) is 6.04 Å². The number of nitrogens with zero attached hydrogens (tertiary/aromatic N) is 1. The van der Waals surface area contributed by atoms with Gasteiger partial charge in [-0.05, 0) is 29.5 Å². The molecule has 3 rings (SSSR count). The van der Waals surface area contributed by atoms with Gasteiger partial charge in [-0.25, -0.2) is 0 Å². The second kappa shape index (κ2) is 11.7. The van der Waals surface area contributed by atoms with Gasteiger partial charge in [-0.1, -0.05) is 97.9 Å². The van der Waals surface area contributed by atoms with Crippen LogP contribution in [0.1, 0.15) is 42.5 Å². The van der Waals surface area contributed by atoms with Crippen molar-refractivity contribution < 1.29 is 9.59 Å². The third-order valence-corrected chi connectivity index (χ3v) is 5.21. The molecule has 31 heavy (non-hydrogen) atoms. The van der Waals surface area contributed by atoms with Crippen molar-refractivity contribution in [1.82, 2.24) is 10.2 Å². The number of nitrogens with one attached hydrogen (secondary N) is 1. The first-order valence-electron chi connectivity index (χ1n) is 10.9. The molecule has 0 unspecified atom stereocenters. The second-order valence-corrected chi connectivity index (χ2v) is 7.60. The number of aryl methyl sites for hydroxylation is 1. The number of rotatable bonds is 10. The molecule has 0 bridgehead atoms. The summed E-state index contributed by atoms with van der Waals surface area (Å²) in [7, 11) is 0. The number of carbonyl (C=O) groups is 2. The van der Waals surface area contributed by atoms with Crippen LogP contribution in [0, 0.1) is 0 Å². The van der Waals surface area contributed by atoms with Crippen LogP contribution in [-0.2, 0) is 22.6 Å². The minimum Gasteiger partial charge on any atom is -0.354 e. The molecule has 160 valence electrons. The van der Waals surface area contributed by atoms with Crippen LogP contribution in [0.2, 0.25) is 0 Å². The van der Waals surface area contributed by atoms with Crippen LogP contribution in [0.15, 0.2) is 91.0 Å². The van der Waals surface area contributed by atoms with Crippen molar-refractivity contribution in [2.45, 2.75) is 38.8 Å². The Balaban J connectivity index is 1.90. The first-order valence-corrected chi connectivity index (χ1v) is 10.9. The summed E-state index contributed by atoms with van der Waals surface area (Å²) in [6.07, 6.45) is 1.83. The molecule has 0 heterocycles. The molecule has 4 heteroatoms. The summed E-state index contributed by atoms with van der Waals surface area (Å²) in [5.41, 5.74) is 2.93. The fourth-order valence-corrected chi connectivity index (χ4v) is 3.60. The summed E-state index contributed by atoms with van der Waals surface area (Å²) in [6.45, 7) is 2.98. The van der Waals surface area contributed by atoms with Crippen LogP contribution in [0.5, 0.6) is 0 Å². The zero-order valence-electron chi connectivity index (χ0n) is 18.0. The van der Waals surface area contributed by atoms with E-state index in [4.69, 9.17) is 0 Å². The molecule has 4 nitrogen and oxygen atoms in total. The molecular weight excluding hydrogens is 384 g/mol. The van der Waals surface area contributed by atoms with E-state index in [0.717, 1.165) is 23.1 Å². The topological polar surface area (TPSA) is 49.4 Å². The maximum Gasteiger partial charge on any atom is 0.247 e. The van der Waals surface area contributed by atoms with Crippen molar-refractivity contribution in [3.05, 3.63) is 108 Å². The lowest BCUT2D eigenvalue weighted by atomic mass is 10.0. The molecule has 2 amide bonds. The van der Waals surface area contributed by atoms with Crippen LogP contribution in [0.3, 0.4) is 0 Å². The Morgan fingerprint density at radius 3 is 1.94 bits per heavy atom. The number of amides is 2. The summed E-state index contributed by atoms with van der Waals surface area (Å²) in [5, 5.41) is 2.99. The van der Waals surface area contributed by atoms with Crippen molar-refractivity contribution in [2.24, 2.45) is 0 Å². The van der Waals surface area contributed by atoms with E-state index in [9.17, 15) is 9.59 Å². The van der Waals surface area contributed by atoms with Crippen molar-refractivity contribution in [2.75, 3.05) is 6.54 Å². The lowest BCUT2D eigenvalue weighted by Gasteiger charge is -2.32. The standard InChI is InChI=1S/C27H30N2O2/c1-2-20-28-27(31)26(24-16-10-5-11-17-24)29(21-23-14-8-4-9-15-23)25(30)19-18-22-12-6-3-7-13-22/h3-17,26H,2,18-21H2,1H3,(H,28,31)/t26-/m0/s1. The van der Waals surface area contributed by atoms with E-state index in [1.165, 1.54) is 0 Å². The summed E-state index contributed by atoms with van der Waals surface area (Å²) in [5.74, 6) is -0.176. The molecule has 0 saturated heterocycles. The number of carbonyl (C=O) groups excluding carboxylic acids is 2. The second-order valence-electron chi connectivity index (χ2n) is 7.60. The Morgan fingerprint density at radius 2 is 1.35 bits per heavy atom. The smallest absolute Gasteiger partial charge is 0.247 e. The molecular formula is C27H30N2O2. The third kappa shape index (κ3) is 6.54. The van der Waals surface area contributed by atoms with Crippen molar-refractivity contribution in [3.63, 3.8) is 0 Å². The largest absolute Gasteiger partial charge is 0.354 e. The quantitative estimate of drug-likeness (QED) is 0.512. The number of hydrogen-bond donors (Lipinski definition) is 1. The van der Waals surface area contributed by atoms with E-state index in [1.807, 2.05) is 97.9 Å². The predicted molar refractivity (Wildman–Crippen MR) is 124 cm³/mol. The minimum absolute atomic E-state index is 0.0341. The van der Waals surface area contributed by atoms with Gasteiger partial charge >= 0.3 is 0 Å². The molecule has 1 atom stereocenters. The van der Waals surface area contributed by atoms with Gasteiger partial charge in [-0.3, -0.25) is 9.59 Å². The van der Waals surface area contributed by atoms with Crippen molar-refractivity contribution in [3.8, 4) is 0 Å². The average Bonchev–Trinajstić information content (AvgIpc) is 2.83. The van der Waals surface area contributed by atoms with Gasteiger partial charge in [0.25, 0.3) is 0 Å². The molecule has 0 fully saturated rings. The van der Waals surface area contributed by atoms with Crippen LogP contribution in [0.4, 0.5) is 0 Å². The highest BCUT2D eigenvalue weighted by molar-refractivity contribution is 5.88. The zero-order chi connectivity index (χ0) is 21.9. The van der Waals surface area contributed by atoms with Crippen molar-refractivity contribution in [1.29, 1.82) is 0 Å². The summed E-state index contributed by atoms with van der Waals surface area (Å²) in [4.78, 5) is 28.4. The highest BCUT2D eigenvalue weighted by Crippen LogP contribution is 2.25. The Hall–Kier alpha value is -3.40. The minimum atomic E-state index is -0.670. The SMILES string of the molecule is CCCNC(=O)[C@H](c1ccccc1)N(Cc1ccccc1)C(=O)CCc1ccccc1. The van der Waals surface area contributed by atoms with E-state index in [-0.39, 0.29) is 11.8 Å². The van der Waals surface area contributed by atoms with E-state index in [1.54, 1.807) is 4.90 Å². The van der Waals surface area contributed by atoms with Gasteiger partial charge in [0.15, 0.2) is 0 Å². The molecule has 0 saturated carbocycles. The lowest BCUT2D eigenvalue weighted by Crippen LogP contribution is -2.43. The van der Waals surface area contributed by atoms with Crippen LogP contribution in [0.25, 0.3) is 0 Å². The molecule has 1 N–H and O–H groups in total. The summed E-state index contributed by atoms with van der Waals surface area (Å²) < 4.78 is 0. The molecule has 0 aliphatic rings. The first-order chi connectivity index (χ1) is 15.2. The number of benzene rings is 3. The van der Waals surface area contributed by atoms with Gasteiger partial charge in [0.05, 0.1) is 0 Å². The molecule has 0 spiro atoms. The Kier molecular flexibility index (Phi) is 8.41. The molecule has 0 aliphatic heterocycles. The third-order valence-electron chi connectivity index (χ3n) is 5.21. The molecule has 0 aliphatic carbocycles. The van der Waals surface area contributed by atoms with E-state index >= 15 is 0 Å². The first kappa shape index (κ1) is 22.3. The molecule has 3 aromatic rings. The maximum atomic E-state index is 13.5. The zero-order valence-corrected chi connectivity index (χ0v) is 18.0. The van der Waals surface area contributed by atoms with Crippen LogP contribution in [-0.4, -0.2) is 23.3 Å². The van der Waals surface area contributed by atoms with Gasteiger partial charge in [0, 0.05) is 19.5 Å². The molecule has 3 aromatic carbocycles. The maximum absolute atomic E-state index is 13.5. The summed E-state index contributed by atoms with van der Waals surface area (Å²) >= 11 is 0. The molecule has 0 radical (unpaired) electrons. The lowest BCUT2D eigenvalue weighted by molar-refractivity contribution is -0.141.